The monoisotopic (exact) mass is 268 g/mol. The summed E-state index contributed by atoms with van der Waals surface area (Å²) >= 11 is 0. The van der Waals surface area contributed by atoms with Crippen molar-refractivity contribution in [2.24, 2.45) is 5.92 Å². The summed E-state index contributed by atoms with van der Waals surface area (Å²) in [4.78, 5) is 6.34. The van der Waals surface area contributed by atoms with Gasteiger partial charge < -0.3 is 4.98 Å². The van der Waals surface area contributed by atoms with E-state index in [4.69, 9.17) is 0 Å². The number of aromatic nitrogens is 1. The third kappa shape index (κ3) is 1.89. The van der Waals surface area contributed by atoms with Gasteiger partial charge in [0.2, 0.25) is 0 Å². The number of nitrogens with zero attached hydrogens (tertiary/aromatic N) is 1. The van der Waals surface area contributed by atoms with Gasteiger partial charge in [-0.05, 0) is 43.9 Å². The Hall–Kier alpha value is -1.28. The first kappa shape index (κ1) is 12.5. The highest BCUT2D eigenvalue weighted by Gasteiger charge is 2.34. The summed E-state index contributed by atoms with van der Waals surface area (Å²) in [5.74, 6) is 0.848. The van der Waals surface area contributed by atoms with E-state index in [2.05, 4.69) is 41.2 Å². The zero-order valence-corrected chi connectivity index (χ0v) is 12.4. The Labute approximate surface area is 121 Å². The van der Waals surface area contributed by atoms with Gasteiger partial charge in [-0.2, -0.15) is 0 Å². The highest BCUT2D eigenvalue weighted by molar-refractivity contribution is 5.85. The van der Waals surface area contributed by atoms with Crippen molar-refractivity contribution < 1.29 is 0 Å². The number of para-hydroxylation sites is 1. The molecule has 1 atom stereocenters. The fourth-order valence-corrected chi connectivity index (χ4v) is 4.44. The van der Waals surface area contributed by atoms with Crippen molar-refractivity contribution >= 4 is 10.9 Å². The molecule has 1 aromatic heterocycles. The van der Waals surface area contributed by atoms with Crippen LogP contribution in [0.15, 0.2) is 24.3 Å². The third-order valence-corrected chi connectivity index (χ3v) is 5.43. The lowest BCUT2D eigenvalue weighted by molar-refractivity contribution is 0.132. The van der Waals surface area contributed by atoms with Crippen LogP contribution in [0.2, 0.25) is 0 Å². The highest BCUT2D eigenvalue weighted by atomic mass is 15.2. The topological polar surface area (TPSA) is 19.0 Å². The van der Waals surface area contributed by atoms with Crippen molar-refractivity contribution in [1.29, 1.82) is 0 Å². The Bertz CT molecular complexity index is 607. The van der Waals surface area contributed by atoms with Crippen molar-refractivity contribution in [3.05, 3.63) is 35.5 Å². The summed E-state index contributed by atoms with van der Waals surface area (Å²) in [6, 6.07) is 9.44. The van der Waals surface area contributed by atoms with Gasteiger partial charge in [0.1, 0.15) is 0 Å². The van der Waals surface area contributed by atoms with Crippen LogP contribution in [0.25, 0.3) is 10.9 Å². The molecule has 0 amide bonds. The summed E-state index contributed by atoms with van der Waals surface area (Å²) in [6.07, 6.45) is 8.29. The van der Waals surface area contributed by atoms with E-state index in [1.807, 2.05) is 0 Å². The van der Waals surface area contributed by atoms with Crippen LogP contribution in [-0.4, -0.2) is 23.5 Å². The standard InChI is InChI=1S/C18H24N2/c1-20-12-11-15-14-9-5-6-10-16(14)19-17(15)18(20)13-7-3-2-4-8-13/h5-6,9-10,13,18-19H,2-4,7-8,11-12H2,1H3/t18-/m0/s1. The minimum Gasteiger partial charge on any atom is -0.357 e. The highest BCUT2D eigenvalue weighted by Crippen LogP contribution is 2.42. The van der Waals surface area contributed by atoms with Gasteiger partial charge in [-0.3, -0.25) is 4.90 Å². The van der Waals surface area contributed by atoms with E-state index in [1.54, 1.807) is 5.56 Å². The zero-order valence-electron chi connectivity index (χ0n) is 12.4. The maximum atomic E-state index is 3.75. The number of likely N-dealkylation sites (N-methyl/N-ethyl adjacent to an activating group) is 1. The molecule has 106 valence electrons. The van der Waals surface area contributed by atoms with Crippen LogP contribution in [-0.2, 0) is 6.42 Å². The Morgan fingerprint density at radius 1 is 1.10 bits per heavy atom. The second kappa shape index (κ2) is 4.92. The SMILES string of the molecule is CN1CCc2c([nH]c3ccccc23)[C@@H]1C1CCCCC1. The Kier molecular flexibility index (Phi) is 3.07. The number of rotatable bonds is 1. The quantitative estimate of drug-likeness (QED) is 0.818. The first-order valence-electron chi connectivity index (χ1n) is 8.14. The number of benzene rings is 1. The van der Waals surface area contributed by atoms with Crippen molar-refractivity contribution in [3.63, 3.8) is 0 Å². The van der Waals surface area contributed by atoms with Gasteiger partial charge in [0.15, 0.2) is 0 Å². The molecule has 0 spiro atoms. The number of nitrogens with one attached hydrogen (secondary N) is 1. The molecule has 1 saturated carbocycles. The summed E-state index contributed by atoms with van der Waals surface area (Å²) in [6.45, 7) is 1.20. The summed E-state index contributed by atoms with van der Waals surface area (Å²) in [5.41, 5.74) is 4.44. The van der Waals surface area contributed by atoms with Crippen LogP contribution in [0.5, 0.6) is 0 Å². The van der Waals surface area contributed by atoms with E-state index in [0.717, 1.165) is 5.92 Å². The molecule has 1 aromatic carbocycles. The Morgan fingerprint density at radius 3 is 2.75 bits per heavy atom. The predicted octanol–water partition coefficient (Wildman–Crippen LogP) is 4.28. The number of hydrogen-bond donors (Lipinski definition) is 1. The molecule has 2 aromatic rings. The first-order chi connectivity index (χ1) is 9.84. The van der Waals surface area contributed by atoms with E-state index in [1.165, 1.54) is 61.7 Å². The number of fused-ring (bicyclic) bond motifs is 3. The molecule has 20 heavy (non-hydrogen) atoms. The molecule has 4 rings (SSSR count). The second-order valence-corrected chi connectivity index (χ2v) is 6.64. The fraction of sp³-hybridized carbons (Fsp3) is 0.556. The van der Waals surface area contributed by atoms with E-state index in [9.17, 15) is 0 Å². The minimum atomic E-state index is 0.617. The van der Waals surface area contributed by atoms with Gasteiger partial charge in [0, 0.05) is 23.1 Å². The van der Waals surface area contributed by atoms with Gasteiger partial charge in [-0.15, -0.1) is 0 Å². The largest absolute Gasteiger partial charge is 0.357 e. The molecule has 2 aliphatic rings. The molecule has 2 nitrogen and oxygen atoms in total. The fourth-order valence-electron chi connectivity index (χ4n) is 4.44. The lowest BCUT2D eigenvalue weighted by Gasteiger charge is -2.39. The van der Waals surface area contributed by atoms with Crippen molar-refractivity contribution in [1.82, 2.24) is 9.88 Å². The third-order valence-electron chi connectivity index (χ3n) is 5.43. The summed E-state index contributed by atoms with van der Waals surface area (Å²) in [5, 5.41) is 1.46. The maximum Gasteiger partial charge on any atom is 0.0527 e. The summed E-state index contributed by atoms with van der Waals surface area (Å²) in [7, 11) is 2.31. The number of aromatic amines is 1. The zero-order chi connectivity index (χ0) is 13.5. The van der Waals surface area contributed by atoms with Gasteiger partial charge >= 0.3 is 0 Å². The molecule has 0 radical (unpaired) electrons. The Balaban J connectivity index is 1.80. The molecule has 2 heteroatoms. The minimum absolute atomic E-state index is 0.617. The molecule has 1 N–H and O–H groups in total. The van der Waals surface area contributed by atoms with Crippen LogP contribution in [0.4, 0.5) is 0 Å². The molecule has 0 saturated heterocycles. The van der Waals surface area contributed by atoms with Crippen LogP contribution in [0, 0.1) is 5.92 Å². The van der Waals surface area contributed by atoms with Gasteiger partial charge in [0.25, 0.3) is 0 Å². The van der Waals surface area contributed by atoms with Crippen LogP contribution in [0.3, 0.4) is 0 Å². The van der Waals surface area contributed by atoms with Gasteiger partial charge in [-0.25, -0.2) is 0 Å². The van der Waals surface area contributed by atoms with Gasteiger partial charge in [0.05, 0.1) is 6.04 Å². The number of hydrogen-bond acceptors (Lipinski definition) is 1. The van der Waals surface area contributed by atoms with Crippen LogP contribution in [0.1, 0.15) is 49.4 Å². The molecule has 1 fully saturated rings. The van der Waals surface area contributed by atoms with Crippen molar-refractivity contribution in [2.45, 2.75) is 44.6 Å². The molecule has 0 unspecified atom stereocenters. The Morgan fingerprint density at radius 2 is 1.90 bits per heavy atom. The molecular formula is C18H24N2. The smallest absolute Gasteiger partial charge is 0.0527 e. The second-order valence-electron chi connectivity index (χ2n) is 6.64. The lowest BCUT2D eigenvalue weighted by Crippen LogP contribution is -2.37. The van der Waals surface area contributed by atoms with Crippen molar-refractivity contribution in [3.8, 4) is 0 Å². The average molecular weight is 268 g/mol. The van der Waals surface area contributed by atoms with Crippen molar-refractivity contribution in [2.75, 3.05) is 13.6 Å². The molecule has 2 heterocycles. The van der Waals surface area contributed by atoms with E-state index in [-0.39, 0.29) is 0 Å². The van der Waals surface area contributed by atoms with Gasteiger partial charge in [-0.1, -0.05) is 37.5 Å². The average Bonchev–Trinajstić information content (AvgIpc) is 2.86. The van der Waals surface area contributed by atoms with E-state index < -0.39 is 0 Å². The molecule has 0 bridgehead atoms. The lowest BCUT2D eigenvalue weighted by atomic mass is 9.79. The first-order valence-corrected chi connectivity index (χ1v) is 8.14. The number of H-pyrrole nitrogens is 1. The van der Waals surface area contributed by atoms with Crippen LogP contribution >= 0.6 is 0 Å². The van der Waals surface area contributed by atoms with E-state index in [0.29, 0.717) is 6.04 Å². The van der Waals surface area contributed by atoms with Crippen LogP contribution < -0.4 is 0 Å². The van der Waals surface area contributed by atoms with E-state index >= 15 is 0 Å². The molecule has 1 aliphatic carbocycles. The maximum absolute atomic E-state index is 3.75. The predicted molar refractivity (Wildman–Crippen MR) is 83.9 cm³/mol. The molecule has 1 aliphatic heterocycles. The normalized spacial score (nSPS) is 24.9. The summed E-state index contributed by atoms with van der Waals surface area (Å²) < 4.78 is 0. The molecular weight excluding hydrogens is 244 g/mol.